The first-order chi connectivity index (χ1) is 41.0. The van der Waals surface area contributed by atoms with Crippen LogP contribution >= 0.6 is 0 Å². The summed E-state index contributed by atoms with van der Waals surface area (Å²) in [4.78, 5) is 13.0. The molecule has 2 aliphatic heterocycles. The van der Waals surface area contributed by atoms with E-state index >= 15 is 0 Å². The smallest absolute Gasteiger partial charge is 0.303 e. The van der Waals surface area contributed by atoms with E-state index in [9.17, 15) is 35.8 Å². The Hall–Kier alpha value is -4.36. The summed E-state index contributed by atoms with van der Waals surface area (Å²) < 4.78 is 144. The molecule has 0 bridgehead atoms. The van der Waals surface area contributed by atoms with Crippen LogP contribution < -0.4 is 4.90 Å². The Morgan fingerprint density at radius 3 is 1.38 bits per heavy atom. The van der Waals surface area contributed by atoms with Crippen LogP contribution in [0.25, 0.3) is 0 Å². The summed E-state index contributed by atoms with van der Waals surface area (Å²) in [6.07, 6.45) is 16.1. The number of benzene rings is 2. The van der Waals surface area contributed by atoms with Crippen molar-refractivity contribution in [2.24, 2.45) is 0 Å². The van der Waals surface area contributed by atoms with Gasteiger partial charge in [-0.2, -0.15) is 21.4 Å². The lowest BCUT2D eigenvalue weighted by molar-refractivity contribution is -0.438. The van der Waals surface area contributed by atoms with Crippen molar-refractivity contribution in [2.45, 2.75) is 73.0 Å². The number of carbonyl (C=O) groups is 1. The SMILES string of the molecule is COCCOCCOCCOCCOCCOCCC1(C)C(/C=C/C=C/C=C/C=C2/N(CCOC)c3ccc(S(=O)(=O)O)cc3C2(C)CCOCCOCCOCCOCCOCCOC)=[N+](CCCCCC(=O)O)c2ccc(S(=O)(=O)O)cc21. The molecule has 0 spiro atoms. The molecule has 0 saturated heterocycles. The van der Waals surface area contributed by atoms with Gasteiger partial charge in [-0.15, -0.1) is 0 Å². The van der Waals surface area contributed by atoms with Gasteiger partial charge in [-0.1, -0.05) is 30.4 Å². The van der Waals surface area contributed by atoms with Crippen LogP contribution in [0, 0.1) is 0 Å². The van der Waals surface area contributed by atoms with Crippen LogP contribution in [-0.2, 0) is 97.4 Å². The van der Waals surface area contributed by atoms with Crippen molar-refractivity contribution in [3.8, 4) is 0 Å². The van der Waals surface area contributed by atoms with Crippen molar-refractivity contribution in [3.05, 3.63) is 95.8 Å². The molecule has 4 rings (SSSR count). The molecule has 2 atom stereocenters. The lowest BCUT2D eigenvalue weighted by atomic mass is 9.76. The number of nitrogens with zero attached hydrogens (tertiary/aromatic N) is 2. The highest BCUT2D eigenvalue weighted by Crippen LogP contribution is 2.51. The van der Waals surface area contributed by atoms with Crippen molar-refractivity contribution < 1.29 is 102 Å². The molecule has 25 heteroatoms. The zero-order valence-corrected chi connectivity index (χ0v) is 52.0. The minimum Gasteiger partial charge on any atom is -0.481 e. The summed E-state index contributed by atoms with van der Waals surface area (Å²) in [5, 5.41) is 9.28. The zero-order valence-electron chi connectivity index (χ0n) is 50.3. The van der Waals surface area contributed by atoms with Crippen LogP contribution in [-0.4, -0.2) is 234 Å². The van der Waals surface area contributed by atoms with E-state index in [1.807, 2.05) is 56.4 Å². The van der Waals surface area contributed by atoms with Gasteiger partial charge in [0.2, 0.25) is 5.69 Å². The third kappa shape index (κ3) is 26.1. The summed E-state index contributed by atoms with van der Waals surface area (Å²) in [6.45, 7) is 14.5. The largest absolute Gasteiger partial charge is 0.481 e. The standard InChI is InChI=1S/C60H92N2O21S2/c1-59(21-25-74-32-34-78-40-42-82-46-44-80-38-36-76-30-28-72-4)52-48-50(84(65,66)67)17-19-54(52)61(23-13-9-12-16-58(63)64)56(59)14-10-7-6-8-11-15-57-60(2,53-49-51(85(68,69)70)18-20-55(53)62(57)24-27-71-3)22-26-75-33-35-79-41-43-83-47-45-81-39-37-77-31-29-73-5/h6-8,10-11,14-15,17-20,48-49H,9,12-13,16,21-47H2,1-5H3,(H2-,63,64,65,66,67,68,69,70)/p+1. The van der Waals surface area contributed by atoms with Gasteiger partial charge in [-0.25, -0.2) is 0 Å². The van der Waals surface area contributed by atoms with Crippen LogP contribution in [0.15, 0.2) is 94.4 Å². The van der Waals surface area contributed by atoms with Gasteiger partial charge in [-0.05, 0) is 81.5 Å². The van der Waals surface area contributed by atoms with Crippen molar-refractivity contribution in [1.29, 1.82) is 0 Å². The second kappa shape index (κ2) is 41.0. The van der Waals surface area contributed by atoms with Gasteiger partial charge in [0, 0.05) is 88.4 Å². The first-order valence-electron chi connectivity index (χ1n) is 28.9. The Balaban J connectivity index is 1.46. The molecule has 3 N–H and O–H groups in total. The van der Waals surface area contributed by atoms with Crippen LogP contribution in [0.4, 0.5) is 11.4 Å². The number of hydrogen-bond acceptors (Lipinski definition) is 19. The molecule has 2 unspecified atom stereocenters. The topological polar surface area (TPSA) is 272 Å². The molecule has 23 nitrogen and oxygen atoms in total. The molecule has 0 aromatic heterocycles. The maximum Gasteiger partial charge on any atom is 0.303 e. The molecule has 0 amide bonds. The lowest BCUT2D eigenvalue weighted by Gasteiger charge is -2.30. The van der Waals surface area contributed by atoms with E-state index < -0.39 is 37.0 Å². The fourth-order valence-corrected chi connectivity index (χ4v) is 10.6. The second-order valence-electron chi connectivity index (χ2n) is 20.1. The fourth-order valence-electron chi connectivity index (χ4n) is 9.58. The molecule has 0 radical (unpaired) electrons. The van der Waals surface area contributed by atoms with E-state index in [1.54, 1.807) is 33.5 Å². The first kappa shape index (κ1) is 73.1. The summed E-state index contributed by atoms with van der Waals surface area (Å²) >= 11 is 0. The Bertz CT molecular complexity index is 2650. The molecule has 2 heterocycles. The van der Waals surface area contributed by atoms with Crippen LogP contribution in [0.5, 0.6) is 0 Å². The van der Waals surface area contributed by atoms with E-state index in [1.165, 1.54) is 24.3 Å². The average Bonchev–Trinajstić information content (AvgIpc) is 1.66. The van der Waals surface area contributed by atoms with Crippen molar-refractivity contribution >= 4 is 43.3 Å². The Morgan fingerprint density at radius 2 is 0.918 bits per heavy atom. The molecule has 480 valence electrons. The van der Waals surface area contributed by atoms with Crippen molar-refractivity contribution in [3.63, 3.8) is 0 Å². The highest BCUT2D eigenvalue weighted by atomic mass is 32.2. The average molecular weight is 1240 g/mol. The Kier molecular flexibility index (Phi) is 35.2. The fraction of sp³-hybridized carbons (Fsp3) is 0.633. The van der Waals surface area contributed by atoms with Gasteiger partial charge >= 0.3 is 5.97 Å². The highest BCUT2D eigenvalue weighted by Gasteiger charge is 2.48. The van der Waals surface area contributed by atoms with E-state index in [-0.39, 0.29) is 16.2 Å². The van der Waals surface area contributed by atoms with Gasteiger partial charge in [0.05, 0.1) is 154 Å². The predicted octanol–water partition coefficient (Wildman–Crippen LogP) is 6.40. The third-order valence-electron chi connectivity index (χ3n) is 14.1. The molecular weight excluding hydrogens is 1150 g/mol. The van der Waals surface area contributed by atoms with Crippen molar-refractivity contribution in [1.82, 2.24) is 0 Å². The number of anilines is 1. The zero-order chi connectivity index (χ0) is 61.7. The van der Waals surface area contributed by atoms with Gasteiger partial charge in [0.25, 0.3) is 20.2 Å². The Morgan fingerprint density at radius 1 is 0.506 bits per heavy atom. The molecule has 2 aromatic rings. The number of hydrogen-bond donors (Lipinski definition) is 3. The Labute approximate surface area is 503 Å². The van der Waals surface area contributed by atoms with Crippen LogP contribution in [0.3, 0.4) is 0 Å². The molecule has 0 aliphatic carbocycles. The maximum absolute atomic E-state index is 12.5. The number of unbranched alkanes of at least 4 members (excludes halogenated alkanes) is 2. The number of allylic oxidation sites excluding steroid dienone is 8. The monoisotopic (exact) mass is 1240 g/mol. The summed E-state index contributed by atoms with van der Waals surface area (Å²) in [5.41, 5.74) is 3.11. The van der Waals surface area contributed by atoms with Gasteiger partial charge < -0.3 is 71.6 Å². The summed E-state index contributed by atoms with van der Waals surface area (Å²) in [7, 11) is -4.22. The molecule has 85 heavy (non-hydrogen) atoms. The number of ether oxygens (including phenoxy) is 13. The normalized spacial score (nSPS) is 17.7. The van der Waals surface area contributed by atoms with Crippen molar-refractivity contribution in [2.75, 3.05) is 191 Å². The first-order valence-corrected chi connectivity index (χ1v) is 31.8. The molecular formula is C60H93N2O21S2+. The molecule has 2 aliphatic rings. The summed E-state index contributed by atoms with van der Waals surface area (Å²) in [5.74, 6) is -0.864. The quantitative estimate of drug-likeness (QED) is 0.0280. The van der Waals surface area contributed by atoms with E-state index in [2.05, 4.69) is 9.48 Å². The lowest BCUT2D eigenvalue weighted by Crippen LogP contribution is -2.33. The molecule has 0 fully saturated rings. The third-order valence-corrected chi connectivity index (χ3v) is 15.8. The molecule has 0 saturated carbocycles. The minimum atomic E-state index is -4.55. The van der Waals surface area contributed by atoms with Gasteiger partial charge in [0.1, 0.15) is 6.54 Å². The number of aliphatic carboxylic acids is 1. The second-order valence-corrected chi connectivity index (χ2v) is 23.0. The number of fused-ring (bicyclic) bond motifs is 2. The molecule has 2 aromatic carbocycles. The van der Waals surface area contributed by atoms with E-state index in [4.69, 9.17) is 61.6 Å². The predicted molar refractivity (Wildman–Crippen MR) is 319 cm³/mol. The highest BCUT2D eigenvalue weighted by molar-refractivity contribution is 7.86. The van der Waals surface area contributed by atoms with Crippen LogP contribution in [0.1, 0.15) is 63.5 Å². The number of carboxylic acids is 1. The van der Waals surface area contributed by atoms with Gasteiger partial charge in [-0.3, -0.25) is 13.9 Å². The number of carboxylic acid groups (broad SMARTS) is 1. The number of rotatable bonds is 51. The van der Waals surface area contributed by atoms with E-state index in [0.29, 0.717) is 208 Å². The summed E-state index contributed by atoms with van der Waals surface area (Å²) in [6, 6.07) is 9.19. The van der Waals surface area contributed by atoms with E-state index in [0.717, 1.165) is 22.8 Å². The maximum atomic E-state index is 12.5. The number of methoxy groups -OCH3 is 3. The minimum absolute atomic E-state index is 0.0492. The van der Waals surface area contributed by atoms with Gasteiger partial charge in [0.15, 0.2) is 5.71 Å². The van der Waals surface area contributed by atoms with Crippen LogP contribution in [0.2, 0.25) is 0 Å².